The third-order valence-corrected chi connectivity index (χ3v) is 8.23. The largest absolute Gasteiger partial charge is 0.454 e. The van der Waals surface area contributed by atoms with Crippen LogP contribution in [0.15, 0.2) is 29.2 Å². The average molecular weight is 469 g/mol. The lowest BCUT2D eigenvalue weighted by Crippen LogP contribution is -2.18. The third-order valence-electron chi connectivity index (χ3n) is 5.42. The van der Waals surface area contributed by atoms with E-state index in [-0.39, 0.29) is 28.0 Å². The van der Waals surface area contributed by atoms with Crippen LogP contribution in [-0.2, 0) is 24.6 Å². The number of esters is 1. The summed E-state index contributed by atoms with van der Waals surface area (Å²) in [4.78, 5) is 24.8. The Morgan fingerprint density at radius 1 is 1.19 bits per heavy atom. The van der Waals surface area contributed by atoms with Crippen molar-refractivity contribution >= 4 is 31.6 Å². The van der Waals surface area contributed by atoms with Crippen molar-refractivity contribution in [2.45, 2.75) is 38.1 Å². The van der Waals surface area contributed by atoms with Crippen molar-refractivity contribution in [1.29, 1.82) is 0 Å². The molecule has 1 unspecified atom stereocenters. The second-order valence-electron chi connectivity index (χ2n) is 7.74. The molecule has 0 aliphatic carbocycles. The maximum absolute atomic E-state index is 12.7. The Morgan fingerprint density at radius 3 is 2.45 bits per heavy atom. The number of carbonyl (C=O) groups is 2. The summed E-state index contributed by atoms with van der Waals surface area (Å²) in [5, 5.41) is 5.15. The van der Waals surface area contributed by atoms with Crippen molar-refractivity contribution in [1.82, 2.24) is 4.57 Å². The van der Waals surface area contributed by atoms with E-state index in [1.807, 2.05) is 4.57 Å². The minimum atomic E-state index is -4.01. The van der Waals surface area contributed by atoms with E-state index < -0.39 is 38.2 Å². The molecule has 0 spiro atoms. The molecule has 9 nitrogen and oxygen atoms in total. The summed E-state index contributed by atoms with van der Waals surface area (Å²) < 4.78 is 53.8. The van der Waals surface area contributed by atoms with E-state index in [0.717, 1.165) is 11.8 Å². The van der Waals surface area contributed by atoms with Crippen molar-refractivity contribution in [2.75, 3.05) is 18.1 Å². The number of benzene rings is 1. The molecule has 1 saturated heterocycles. The number of primary sulfonamides is 1. The smallest absolute Gasteiger partial charge is 0.338 e. The van der Waals surface area contributed by atoms with Crippen LogP contribution in [0.3, 0.4) is 0 Å². The summed E-state index contributed by atoms with van der Waals surface area (Å²) in [6, 6.07) is 5.37. The summed E-state index contributed by atoms with van der Waals surface area (Å²) >= 11 is 0. The number of Topliss-reactive ketones (excluding diaryl/α,β-unsaturated/α-hetero) is 1. The Balaban J connectivity index is 1.75. The molecule has 2 aromatic rings. The van der Waals surface area contributed by atoms with E-state index in [2.05, 4.69) is 0 Å². The molecule has 1 atom stereocenters. The Bertz CT molecular complexity index is 1270. The number of aryl methyl sites for hydroxylation is 2. The van der Waals surface area contributed by atoms with Gasteiger partial charge in [0.15, 0.2) is 16.4 Å². The zero-order valence-electron chi connectivity index (χ0n) is 17.4. The molecule has 2 heterocycles. The first-order valence-corrected chi connectivity index (χ1v) is 12.9. The Kier molecular flexibility index (Phi) is 6.14. The summed E-state index contributed by atoms with van der Waals surface area (Å²) in [5.74, 6) is -1.14. The average Bonchev–Trinajstić information content (AvgIpc) is 3.16. The lowest BCUT2D eigenvalue weighted by Gasteiger charge is -2.16. The normalized spacial score (nSPS) is 18.1. The van der Waals surface area contributed by atoms with Crippen molar-refractivity contribution < 1.29 is 31.2 Å². The van der Waals surface area contributed by atoms with E-state index in [1.165, 1.54) is 12.1 Å². The third kappa shape index (κ3) is 4.89. The summed E-state index contributed by atoms with van der Waals surface area (Å²) in [7, 11) is -7.09. The standard InChI is InChI=1S/C20H24N2O7S2/c1-12-4-5-15(9-19(12)31(21,27)28)20(24)29-10-18(23)17-8-13(2)22(14(17)3)16-6-7-30(25,26)11-16/h4-5,8-9,16H,6-7,10-11H2,1-3H3,(H2,21,27,28). The van der Waals surface area contributed by atoms with E-state index in [0.29, 0.717) is 23.2 Å². The highest BCUT2D eigenvalue weighted by atomic mass is 32.2. The van der Waals surface area contributed by atoms with Crippen LogP contribution in [0, 0.1) is 20.8 Å². The fourth-order valence-electron chi connectivity index (χ4n) is 3.93. The fourth-order valence-corrected chi connectivity index (χ4v) is 6.43. The topological polar surface area (TPSA) is 143 Å². The number of sulfone groups is 1. The van der Waals surface area contributed by atoms with Crippen molar-refractivity contribution in [3.8, 4) is 0 Å². The number of carbonyl (C=O) groups excluding carboxylic acids is 2. The van der Waals surface area contributed by atoms with Gasteiger partial charge >= 0.3 is 5.97 Å². The number of hydrogen-bond donors (Lipinski definition) is 1. The number of ether oxygens (including phenoxy) is 1. The van der Waals surface area contributed by atoms with Gasteiger partial charge in [-0.05, 0) is 51.0 Å². The van der Waals surface area contributed by atoms with E-state index in [4.69, 9.17) is 9.88 Å². The number of sulfonamides is 1. The molecular weight excluding hydrogens is 444 g/mol. The van der Waals surface area contributed by atoms with Gasteiger partial charge in [-0.1, -0.05) is 6.07 Å². The highest BCUT2D eigenvalue weighted by Gasteiger charge is 2.31. The van der Waals surface area contributed by atoms with Crippen LogP contribution in [0.1, 0.15) is 50.1 Å². The molecule has 11 heteroatoms. The Labute approximate surface area is 181 Å². The van der Waals surface area contributed by atoms with Crippen molar-refractivity contribution in [3.63, 3.8) is 0 Å². The highest BCUT2D eigenvalue weighted by Crippen LogP contribution is 2.29. The van der Waals surface area contributed by atoms with Crippen LogP contribution in [0.5, 0.6) is 0 Å². The van der Waals surface area contributed by atoms with Gasteiger partial charge in [-0.3, -0.25) is 4.79 Å². The molecule has 1 aromatic heterocycles. The first kappa shape index (κ1) is 23.2. The number of aromatic nitrogens is 1. The molecule has 1 aliphatic heterocycles. The van der Waals surface area contributed by atoms with Crippen LogP contribution < -0.4 is 5.14 Å². The number of hydrogen-bond acceptors (Lipinski definition) is 7. The molecule has 31 heavy (non-hydrogen) atoms. The van der Waals surface area contributed by atoms with Crippen LogP contribution in [0.2, 0.25) is 0 Å². The predicted molar refractivity (Wildman–Crippen MR) is 113 cm³/mol. The van der Waals surface area contributed by atoms with E-state index >= 15 is 0 Å². The fraction of sp³-hybridized carbons (Fsp3) is 0.400. The molecule has 3 rings (SSSR count). The second kappa shape index (κ2) is 8.21. The SMILES string of the molecule is Cc1ccc(C(=O)OCC(=O)c2cc(C)n(C3CCS(=O)(=O)C3)c2C)cc1S(N)(=O)=O. The quantitative estimate of drug-likeness (QED) is 0.499. The summed E-state index contributed by atoms with van der Waals surface area (Å²) in [6.45, 7) is 4.53. The molecular formula is C20H24N2O7S2. The van der Waals surface area contributed by atoms with Crippen LogP contribution in [0.4, 0.5) is 0 Å². The summed E-state index contributed by atoms with van der Waals surface area (Å²) in [6.07, 6.45) is 0.487. The number of nitrogens with zero attached hydrogens (tertiary/aromatic N) is 1. The van der Waals surface area contributed by atoms with E-state index in [9.17, 15) is 26.4 Å². The van der Waals surface area contributed by atoms with Crippen LogP contribution in [-0.4, -0.2) is 51.3 Å². The van der Waals surface area contributed by atoms with E-state index in [1.54, 1.807) is 26.8 Å². The van der Waals surface area contributed by atoms with Crippen molar-refractivity contribution in [3.05, 3.63) is 52.3 Å². The lowest BCUT2D eigenvalue weighted by molar-refractivity contribution is 0.0474. The van der Waals surface area contributed by atoms with Gasteiger partial charge in [0, 0.05) is 23.0 Å². The number of nitrogens with two attached hydrogens (primary N) is 1. The minimum absolute atomic E-state index is 0.0335. The lowest BCUT2D eigenvalue weighted by atomic mass is 10.1. The van der Waals surface area contributed by atoms with Gasteiger partial charge in [-0.2, -0.15) is 0 Å². The molecule has 0 amide bonds. The Morgan fingerprint density at radius 2 is 1.87 bits per heavy atom. The van der Waals surface area contributed by atoms with Crippen LogP contribution in [0.25, 0.3) is 0 Å². The first-order chi connectivity index (χ1) is 14.3. The zero-order chi connectivity index (χ0) is 23.1. The molecule has 0 bridgehead atoms. The van der Waals surface area contributed by atoms with Crippen LogP contribution >= 0.6 is 0 Å². The number of ketones is 1. The predicted octanol–water partition coefficient (Wildman–Crippen LogP) is 1.46. The number of rotatable bonds is 6. The molecule has 1 aliphatic rings. The molecule has 168 valence electrons. The minimum Gasteiger partial charge on any atom is -0.454 e. The van der Waals surface area contributed by atoms with Crippen molar-refractivity contribution in [2.24, 2.45) is 5.14 Å². The highest BCUT2D eigenvalue weighted by molar-refractivity contribution is 7.91. The molecule has 0 saturated carbocycles. The first-order valence-electron chi connectivity index (χ1n) is 9.53. The molecule has 1 fully saturated rings. The van der Waals surface area contributed by atoms with Gasteiger partial charge in [-0.25, -0.2) is 26.8 Å². The maximum atomic E-state index is 12.7. The molecule has 1 aromatic carbocycles. The zero-order valence-corrected chi connectivity index (χ0v) is 19.0. The molecule has 0 radical (unpaired) electrons. The second-order valence-corrected chi connectivity index (χ2v) is 11.5. The maximum Gasteiger partial charge on any atom is 0.338 e. The van der Waals surface area contributed by atoms with Gasteiger partial charge in [0.25, 0.3) is 0 Å². The van der Waals surface area contributed by atoms with Gasteiger partial charge in [-0.15, -0.1) is 0 Å². The van der Waals surface area contributed by atoms with Gasteiger partial charge in [0.05, 0.1) is 22.0 Å². The molecule has 2 N–H and O–H groups in total. The summed E-state index contributed by atoms with van der Waals surface area (Å²) in [5.41, 5.74) is 2.07. The monoisotopic (exact) mass is 468 g/mol. The van der Waals surface area contributed by atoms with Gasteiger partial charge in [0.1, 0.15) is 0 Å². The Hall–Kier alpha value is -2.50. The van der Waals surface area contributed by atoms with Gasteiger partial charge in [0.2, 0.25) is 15.8 Å². The van der Waals surface area contributed by atoms with Gasteiger partial charge < -0.3 is 9.30 Å².